The molecule has 4 rings (SSSR count). The van der Waals surface area contributed by atoms with Crippen LogP contribution in [0.3, 0.4) is 0 Å². The summed E-state index contributed by atoms with van der Waals surface area (Å²) in [5.74, 6) is 0.441. The van der Waals surface area contributed by atoms with Crippen molar-refractivity contribution in [2.45, 2.75) is 13.5 Å². The second kappa shape index (κ2) is 8.52. The Kier molecular flexibility index (Phi) is 5.47. The molecule has 0 atom stereocenters. The Morgan fingerprint density at radius 2 is 1.93 bits per heavy atom. The van der Waals surface area contributed by atoms with Crippen molar-refractivity contribution in [3.05, 3.63) is 72.7 Å². The van der Waals surface area contributed by atoms with E-state index in [9.17, 15) is 9.59 Å². The molecule has 8 nitrogen and oxygen atoms in total. The standard InChI is InChI=1S/C22H20N4O4/c1-2-26-18-10-4-3-9-17(18)24-22(26)25-20(27)14-30-16-8-5-7-15(13-16)23-21(28)19-11-6-12-29-19/h3-13H,2,14H2,1H3,(H,23,28)(H,24,25,27). The van der Waals surface area contributed by atoms with E-state index in [0.717, 1.165) is 11.0 Å². The number of carbonyl (C=O) groups excluding carboxylic acids is 2. The van der Waals surface area contributed by atoms with E-state index in [1.807, 2.05) is 35.8 Å². The zero-order valence-electron chi connectivity index (χ0n) is 16.3. The molecule has 0 radical (unpaired) electrons. The normalized spacial score (nSPS) is 10.7. The molecule has 0 fully saturated rings. The van der Waals surface area contributed by atoms with E-state index >= 15 is 0 Å². The fourth-order valence-electron chi connectivity index (χ4n) is 3.06. The van der Waals surface area contributed by atoms with Gasteiger partial charge in [-0.05, 0) is 43.3 Å². The van der Waals surface area contributed by atoms with Gasteiger partial charge in [0.2, 0.25) is 5.95 Å². The molecule has 2 amide bonds. The van der Waals surface area contributed by atoms with Gasteiger partial charge in [-0.3, -0.25) is 14.9 Å². The predicted molar refractivity (Wildman–Crippen MR) is 113 cm³/mol. The first-order valence-electron chi connectivity index (χ1n) is 9.47. The number of benzene rings is 2. The van der Waals surface area contributed by atoms with Gasteiger partial charge in [0.25, 0.3) is 11.8 Å². The molecule has 4 aromatic rings. The molecule has 2 heterocycles. The maximum Gasteiger partial charge on any atom is 0.291 e. The van der Waals surface area contributed by atoms with E-state index < -0.39 is 0 Å². The Labute approximate surface area is 172 Å². The van der Waals surface area contributed by atoms with Crippen LogP contribution in [0.25, 0.3) is 11.0 Å². The highest BCUT2D eigenvalue weighted by Gasteiger charge is 2.13. The molecule has 2 N–H and O–H groups in total. The van der Waals surface area contributed by atoms with Crippen molar-refractivity contribution < 1.29 is 18.7 Å². The molecular formula is C22H20N4O4. The number of ether oxygens (including phenoxy) is 1. The highest BCUT2D eigenvalue weighted by atomic mass is 16.5. The predicted octanol–water partition coefficient (Wildman–Crippen LogP) is 3.92. The summed E-state index contributed by atoms with van der Waals surface area (Å²) >= 11 is 0. The van der Waals surface area contributed by atoms with E-state index in [1.165, 1.54) is 6.26 Å². The zero-order valence-corrected chi connectivity index (χ0v) is 16.3. The first-order chi connectivity index (χ1) is 14.6. The maximum atomic E-state index is 12.4. The molecule has 0 spiro atoms. The van der Waals surface area contributed by atoms with Gasteiger partial charge in [0.15, 0.2) is 12.4 Å². The summed E-state index contributed by atoms with van der Waals surface area (Å²) in [6.45, 7) is 2.47. The van der Waals surface area contributed by atoms with Crippen molar-refractivity contribution in [2.75, 3.05) is 17.2 Å². The third-order valence-corrected chi connectivity index (χ3v) is 4.43. The topological polar surface area (TPSA) is 98.4 Å². The van der Waals surface area contributed by atoms with Crippen LogP contribution < -0.4 is 15.4 Å². The van der Waals surface area contributed by atoms with Crippen LogP contribution >= 0.6 is 0 Å². The quantitative estimate of drug-likeness (QED) is 0.486. The van der Waals surface area contributed by atoms with Crippen LogP contribution in [-0.4, -0.2) is 28.0 Å². The Balaban J connectivity index is 1.38. The summed E-state index contributed by atoms with van der Waals surface area (Å²) < 4.78 is 12.6. The molecule has 0 bridgehead atoms. The number of anilines is 2. The smallest absolute Gasteiger partial charge is 0.291 e. The largest absolute Gasteiger partial charge is 0.484 e. The summed E-state index contributed by atoms with van der Waals surface area (Å²) in [7, 11) is 0. The molecule has 0 aliphatic carbocycles. The number of nitrogens with zero attached hydrogens (tertiary/aromatic N) is 2. The first kappa shape index (κ1) is 19.3. The molecule has 2 aromatic carbocycles. The van der Waals surface area contributed by atoms with Crippen LogP contribution in [0, 0.1) is 0 Å². The van der Waals surface area contributed by atoms with Crippen molar-refractivity contribution in [3.63, 3.8) is 0 Å². The minimum Gasteiger partial charge on any atom is -0.484 e. The molecular weight excluding hydrogens is 384 g/mol. The van der Waals surface area contributed by atoms with Crippen molar-refractivity contribution in [1.29, 1.82) is 0 Å². The van der Waals surface area contributed by atoms with Gasteiger partial charge in [0.05, 0.1) is 17.3 Å². The number of aryl methyl sites for hydroxylation is 1. The number of furan rings is 1. The average molecular weight is 404 g/mol. The molecule has 0 saturated heterocycles. The zero-order chi connectivity index (χ0) is 20.9. The van der Waals surface area contributed by atoms with Crippen LogP contribution in [0.5, 0.6) is 5.75 Å². The van der Waals surface area contributed by atoms with E-state index in [0.29, 0.717) is 23.9 Å². The Morgan fingerprint density at radius 1 is 1.07 bits per heavy atom. The van der Waals surface area contributed by atoms with Crippen LogP contribution in [0.15, 0.2) is 71.3 Å². The lowest BCUT2D eigenvalue weighted by atomic mass is 10.3. The number of fused-ring (bicyclic) bond motifs is 1. The molecule has 152 valence electrons. The van der Waals surface area contributed by atoms with Crippen molar-refractivity contribution in [1.82, 2.24) is 9.55 Å². The molecule has 30 heavy (non-hydrogen) atoms. The lowest BCUT2D eigenvalue weighted by Gasteiger charge is -2.10. The Morgan fingerprint density at radius 3 is 2.73 bits per heavy atom. The summed E-state index contributed by atoms with van der Waals surface area (Å²) in [5, 5.41) is 5.51. The SMILES string of the molecule is CCn1c(NC(=O)COc2cccc(NC(=O)c3ccco3)c2)nc2ccccc21. The second-order valence-electron chi connectivity index (χ2n) is 6.46. The Hall–Kier alpha value is -4.07. The fourth-order valence-corrected chi connectivity index (χ4v) is 3.06. The number of para-hydroxylation sites is 2. The van der Waals surface area contributed by atoms with Crippen molar-refractivity contribution >= 4 is 34.5 Å². The van der Waals surface area contributed by atoms with E-state index in [1.54, 1.807) is 36.4 Å². The lowest BCUT2D eigenvalue weighted by molar-refractivity contribution is -0.118. The number of rotatable bonds is 7. The number of hydrogen-bond donors (Lipinski definition) is 2. The number of aromatic nitrogens is 2. The molecule has 0 saturated carbocycles. The van der Waals surface area contributed by atoms with Gasteiger partial charge in [0, 0.05) is 18.3 Å². The van der Waals surface area contributed by atoms with E-state index in [4.69, 9.17) is 9.15 Å². The number of carbonyl (C=O) groups is 2. The molecule has 8 heteroatoms. The third-order valence-electron chi connectivity index (χ3n) is 4.43. The number of amides is 2. The minimum absolute atomic E-state index is 0.192. The van der Waals surface area contributed by atoms with Crippen LogP contribution in [0.2, 0.25) is 0 Å². The lowest BCUT2D eigenvalue weighted by Crippen LogP contribution is -2.22. The maximum absolute atomic E-state index is 12.4. The van der Waals surface area contributed by atoms with Crippen LogP contribution in [-0.2, 0) is 11.3 Å². The van der Waals surface area contributed by atoms with Crippen LogP contribution in [0.1, 0.15) is 17.5 Å². The van der Waals surface area contributed by atoms with Gasteiger partial charge >= 0.3 is 0 Å². The van der Waals surface area contributed by atoms with Crippen molar-refractivity contribution in [3.8, 4) is 5.75 Å². The highest BCUT2D eigenvalue weighted by molar-refractivity contribution is 6.02. The highest BCUT2D eigenvalue weighted by Crippen LogP contribution is 2.20. The van der Waals surface area contributed by atoms with Gasteiger partial charge in [-0.15, -0.1) is 0 Å². The second-order valence-corrected chi connectivity index (χ2v) is 6.46. The van der Waals surface area contributed by atoms with Gasteiger partial charge in [-0.2, -0.15) is 0 Å². The summed E-state index contributed by atoms with van der Waals surface area (Å²) in [4.78, 5) is 28.9. The van der Waals surface area contributed by atoms with E-state index in [2.05, 4.69) is 15.6 Å². The van der Waals surface area contributed by atoms with Gasteiger partial charge in [0.1, 0.15) is 5.75 Å². The Bertz CT molecular complexity index is 1180. The van der Waals surface area contributed by atoms with Crippen molar-refractivity contribution in [2.24, 2.45) is 0 Å². The van der Waals surface area contributed by atoms with Gasteiger partial charge in [-0.1, -0.05) is 18.2 Å². The third kappa shape index (κ3) is 4.17. The van der Waals surface area contributed by atoms with Gasteiger partial charge < -0.3 is 19.0 Å². The molecule has 0 aliphatic rings. The van der Waals surface area contributed by atoms with Gasteiger partial charge in [-0.25, -0.2) is 4.98 Å². The summed E-state index contributed by atoms with van der Waals surface area (Å²) in [5.41, 5.74) is 2.30. The summed E-state index contributed by atoms with van der Waals surface area (Å²) in [6.07, 6.45) is 1.43. The number of nitrogens with one attached hydrogen (secondary N) is 2. The molecule has 2 aromatic heterocycles. The monoisotopic (exact) mass is 404 g/mol. The molecule has 0 aliphatic heterocycles. The first-order valence-corrected chi connectivity index (χ1v) is 9.47. The average Bonchev–Trinajstić information content (AvgIpc) is 3.40. The minimum atomic E-state index is -0.367. The summed E-state index contributed by atoms with van der Waals surface area (Å²) in [6, 6.07) is 17.7. The van der Waals surface area contributed by atoms with Crippen LogP contribution in [0.4, 0.5) is 11.6 Å². The number of hydrogen-bond acceptors (Lipinski definition) is 5. The number of imidazole rings is 1. The molecule has 0 unspecified atom stereocenters. The van der Waals surface area contributed by atoms with E-state index in [-0.39, 0.29) is 24.2 Å². The fraction of sp³-hybridized carbons (Fsp3) is 0.136.